The number of methoxy groups -OCH3 is 1. The normalized spacial score (nSPS) is 13.0. The molecule has 20 heavy (non-hydrogen) atoms. The van der Waals surface area contributed by atoms with Gasteiger partial charge in [-0.3, -0.25) is 0 Å². The zero-order chi connectivity index (χ0) is 14.5. The van der Waals surface area contributed by atoms with E-state index in [-0.39, 0.29) is 12.4 Å². The highest BCUT2D eigenvalue weighted by Crippen LogP contribution is 2.36. The number of ether oxygens (including phenoxy) is 1. The molecule has 0 saturated heterocycles. The second-order valence-electron chi connectivity index (χ2n) is 4.44. The zero-order valence-electron chi connectivity index (χ0n) is 10.4. The highest BCUT2D eigenvalue weighted by atomic mass is 19.4. The van der Waals surface area contributed by atoms with Crippen LogP contribution in [0.15, 0.2) is 24.4 Å². The Kier molecular flexibility index (Phi) is 2.60. The van der Waals surface area contributed by atoms with Gasteiger partial charge >= 0.3 is 12.1 Å². The Morgan fingerprint density at radius 2 is 2.15 bits per heavy atom. The van der Waals surface area contributed by atoms with E-state index in [2.05, 4.69) is 9.72 Å². The van der Waals surface area contributed by atoms with Crippen molar-refractivity contribution in [3.63, 3.8) is 0 Å². The van der Waals surface area contributed by atoms with Crippen molar-refractivity contribution in [1.29, 1.82) is 0 Å². The summed E-state index contributed by atoms with van der Waals surface area (Å²) >= 11 is 0. The van der Waals surface area contributed by atoms with Crippen molar-refractivity contribution in [3.05, 3.63) is 41.2 Å². The molecule has 2 heterocycles. The van der Waals surface area contributed by atoms with E-state index < -0.39 is 17.8 Å². The molecule has 1 aromatic heterocycles. The van der Waals surface area contributed by atoms with Gasteiger partial charge in [0.15, 0.2) is 5.69 Å². The third-order valence-electron chi connectivity index (χ3n) is 3.17. The summed E-state index contributed by atoms with van der Waals surface area (Å²) in [6, 6.07) is 4.72. The molecule has 7 heteroatoms. The Morgan fingerprint density at radius 3 is 2.80 bits per heavy atom. The van der Waals surface area contributed by atoms with Crippen LogP contribution in [0.25, 0.3) is 11.4 Å². The lowest BCUT2D eigenvalue weighted by Crippen LogP contribution is -2.06. The smallest absolute Gasteiger partial charge is 0.434 e. The van der Waals surface area contributed by atoms with E-state index in [0.29, 0.717) is 11.1 Å². The number of aromatic nitrogens is 2. The molecule has 0 saturated carbocycles. The standard InChI is InChI=1S/C13H9F3N2O2/c1-20-12(19)7-2-3-9-8(4-7)5-18-6-10(13(14,15)16)17-11(9)18/h2-4,6H,5H2,1H3. The maximum atomic E-state index is 12.6. The van der Waals surface area contributed by atoms with Crippen LogP contribution < -0.4 is 0 Å². The summed E-state index contributed by atoms with van der Waals surface area (Å²) in [5.74, 6) is -0.211. The molecule has 2 aromatic rings. The van der Waals surface area contributed by atoms with E-state index in [1.54, 1.807) is 12.1 Å². The summed E-state index contributed by atoms with van der Waals surface area (Å²) in [6.07, 6.45) is -3.48. The van der Waals surface area contributed by atoms with Gasteiger partial charge in [0.25, 0.3) is 0 Å². The fraction of sp³-hybridized carbons (Fsp3) is 0.231. The predicted molar refractivity (Wildman–Crippen MR) is 63.1 cm³/mol. The lowest BCUT2D eigenvalue weighted by molar-refractivity contribution is -0.140. The summed E-state index contributed by atoms with van der Waals surface area (Å²) in [5.41, 5.74) is 0.820. The first-order valence-corrected chi connectivity index (χ1v) is 5.76. The van der Waals surface area contributed by atoms with E-state index in [0.717, 1.165) is 11.8 Å². The molecular weight excluding hydrogens is 273 g/mol. The lowest BCUT2D eigenvalue weighted by atomic mass is 10.1. The molecule has 0 bridgehead atoms. The molecular formula is C13H9F3N2O2. The van der Waals surface area contributed by atoms with Crippen LogP contribution in [0.5, 0.6) is 0 Å². The summed E-state index contributed by atoms with van der Waals surface area (Å²) in [4.78, 5) is 15.0. The van der Waals surface area contributed by atoms with Crippen molar-refractivity contribution in [2.24, 2.45) is 0 Å². The first-order chi connectivity index (χ1) is 9.40. The van der Waals surface area contributed by atoms with E-state index in [4.69, 9.17) is 0 Å². The molecule has 0 radical (unpaired) electrons. The van der Waals surface area contributed by atoms with Crippen LogP contribution in [0.1, 0.15) is 21.6 Å². The molecule has 1 aromatic carbocycles. The van der Waals surface area contributed by atoms with Crippen LogP contribution in [0.2, 0.25) is 0 Å². The van der Waals surface area contributed by atoms with Gasteiger partial charge < -0.3 is 9.30 Å². The number of esters is 1. The number of carbonyl (C=O) groups is 1. The highest BCUT2D eigenvalue weighted by molar-refractivity contribution is 5.90. The minimum Gasteiger partial charge on any atom is -0.465 e. The quantitative estimate of drug-likeness (QED) is 0.645. The monoisotopic (exact) mass is 282 g/mol. The van der Waals surface area contributed by atoms with Gasteiger partial charge in [-0.2, -0.15) is 13.2 Å². The lowest BCUT2D eigenvalue weighted by Gasteiger charge is -2.04. The van der Waals surface area contributed by atoms with E-state index >= 15 is 0 Å². The number of fused-ring (bicyclic) bond motifs is 3. The van der Waals surface area contributed by atoms with Gasteiger partial charge in [0.1, 0.15) is 5.82 Å². The fourth-order valence-electron chi connectivity index (χ4n) is 2.26. The molecule has 0 atom stereocenters. The average Bonchev–Trinajstić information content (AvgIpc) is 2.93. The Balaban J connectivity index is 2.03. The van der Waals surface area contributed by atoms with E-state index in [9.17, 15) is 18.0 Å². The Hall–Kier alpha value is -2.31. The second kappa shape index (κ2) is 4.09. The van der Waals surface area contributed by atoms with Gasteiger partial charge in [-0.25, -0.2) is 9.78 Å². The molecule has 4 nitrogen and oxygen atoms in total. The molecule has 1 aliphatic heterocycles. The average molecular weight is 282 g/mol. The van der Waals surface area contributed by atoms with Crippen molar-refractivity contribution in [1.82, 2.24) is 9.55 Å². The summed E-state index contributed by atoms with van der Waals surface area (Å²) in [6.45, 7) is 0.262. The highest BCUT2D eigenvalue weighted by Gasteiger charge is 2.36. The maximum Gasteiger partial charge on any atom is 0.434 e. The SMILES string of the molecule is COC(=O)c1ccc2c(c1)Cn1cc(C(F)(F)F)nc1-2. The van der Waals surface area contributed by atoms with Gasteiger partial charge in [0.05, 0.1) is 12.7 Å². The zero-order valence-corrected chi connectivity index (χ0v) is 10.4. The molecule has 1 aliphatic rings. The van der Waals surface area contributed by atoms with Gasteiger partial charge in [0.2, 0.25) is 0 Å². The maximum absolute atomic E-state index is 12.6. The van der Waals surface area contributed by atoms with Crippen molar-refractivity contribution in [3.8, 4) is 11.4 Å². The predicted octanol–water partition coefficient (Wildman–Crippen LogP) is 2.72. The number of imidazole rings is 1. The third-order valence-corrected chi connectivity index (χ3v) is 3.17. The van der Waals surface area contributed by atoms with Crippen LogP contribution in [0.3, 0.4) is 0 Å². The van der Waals surface area contributed by atoms with Crippen molar-refractivity contribution < 1.29 is 22.7 Å². The minimum atomic E-state index is -4.45. The van der Waals surface area contributed by atoms with Gasteiger partial charge in [-0.1, -0.05) is 6.07 Å². The molecule has 0 aliphatic carbocycles. The molecule has 104 valence electrons. The largest absolute Gasteiger partial charge is 0.465 e. The Morgan fingerprint density at radius 1 is 1.40 bits per heavy atom. The second-order valence-corrected chi connectivity index (χ2v) is 4.44. The number of benzene rings is 1. The van der Waals surface area contributed by atoms with Crippen LogP contribution in [0, 0.1) is 0 Å². The number of alkyl halides is 3. The molecule has 0 spiro atoms. The fourth-order valence-corrected chi connectivity index (χ4v) is 2.26. The first kappa shape index (κ1) is 12.7. The van der Waals surface area contributed by atoms with Gasteiger partial charge in [-0.05, 0) is 17.7 Å². The van der Waals surface area contributed by atoms with E-state index in [1.807, 2.05) is 0 Å². The molecule has 3 rings (SSSR count). The van der Waals surface area contributed by atoms with Crippen LogP contribution in [-0.2, 0) is 17.5 Å². The van der Waals surface area contributed by atoms with Crippen molar-refractivity contribution in [2.45, 2.75) is 12.7 Å². The summed E-state index contributed by atoms with van der Waals surface area (Å²) in [5, 5.41) is 0. The minimum absolute atomic E-state index is 0.262. The third kappa shape index (κ3) is 1.86. The number of rotatable bonds is 1. The van der Waals surface area contributed by atoms with Crippen LogP contribution in [0.4, 0.5) is 13.2 Å². The van der Waals surface area contributed by atoms with Crippen LogP contribution >= 0.6 is 0 Å². The Bertz CT molecular complexity index is 704. The first-order valence-electron chi connectivity index (χ1n) is 5.76. The van der Waals surface area contributed by atoms with Crippen molar-refractivity contribution in [2.75, 3.05) is 7.11 Å². The number of nitrogens with zero attached hydrogens (tertiary/aromatic N) is 2. The molecule has 0 amide bonds. The number of carbonyl (C=O) groups excluding carboxylic acids is 1. The summed E-state index contributed by atoms with van der Waals surface area (Å²) in [7, 11) is 1.27. The van der Waals surface area contributed by atoms with E-state index in [1.165, 1.54) is 17.7 Å². The van der Waals surface area contributed by atoms with Gasteiger partial charge in [-0.15, -0.1) is 0 Å². The van der Waals surface area contributed by atoms with Crippen LogP contribution in [-0.4, -0.2) is 22.6 Å². The molecule has 0 unspecified atom stereocenters. The number of hydrogen-bond donors (Lipinski definition) is 0. The molecule has 0 N–H and O–H groups in total. The van der Waals surface area contributed by atoms with Crippen molar-refractivity contribution >= 4 is 5.97 Å². The number of halogens is 3. The Labute approximate surface area is 111 Å². The summed E-state index contributed by atoms with van der Waals surface area (Å²) < 4.78 is 43.8. The van der Waals surface area contributed by atoms with Gasteiger partial charge in [0, 0.05) is 18.3 Å². The topological polar surface area (TPSA) is 44.1 Å². The molecule has 0 fully saturated rings. The number of hydrogen-bond acceptors (Lipinski definition) is 3.